The highest BCUT2D eigenvalue weighted by Gasteiger charge is 2.27. The SMILES string of the molecule is NC1N=Cc2nccnc2N1C(O)O. The van der Waals surface area contributed by atoms with Crippen LogP contribution in [0.15, 0.2) is 17.4 Å². The molecular weight excluding hydrogens is 186 g/mol. The van der Waals surface area contributed by atoms with E-state index < -0.39 is 12.7 Å². The first-order chi connectivity index (χ1) is 6.70. The number of fused-ring (bicyclic) bond motifs is 1. The molecule has 0 saturated heterocycles. The number of aliphatic imine (C=N–C) groups is 1. The van der Waals surface area contributed by atoms with Crippen molar-refractivity contribution in [3.05, 3.63) is 18.1 Å². The summed E-state index contributed by atoms with van der Waals surface area (Å²) in [4.78, 5) is 12.8. The molecule has 7 heteroatoms. The van der Waals surface area contributed by atoms with Gasteiger partial charge in [-0.25, -0.2) is 9.97 Å². The van der Waals surface area contributed by atoms with Gasteiger partial charge in [0.2, 0.25) is 6.41 Å². The van der Waals surface area contributed by atoms with Crippen LogP contribution in [0.25, 0.3) is 0 Å². The van der Waals surface area contributed by atoms with Crippen molar-refractivity contribution in [1.82, 2.24) is 9.97 Å². The fourth-order valence-electron chi connectivity index (χ4n) is 1.22. The van der Waals surface area contributed by atoms with E-state index in [1.807, 2.05) is 0 Å². The minimum absolute atomic E-state index is 0.310. The minimum Gasteiger partial charge on any atom is -0.351 e. The van der Waals surface area contributed by atoms with Crippen molar-refractivity contribution in [2.24, 2.45) is 10.7 Å². The first-order valence-corrected chi connectivity index (χ1v) is 3.94. The summed E-state index contributed by atoms with van der Waals surface area (Å²) in [6.07, 6.45) is 1.80. The van der Waals surface area contributed by atoms with Gasteiger partial charge in [-0.2, -0.15) is 0 Å². The lowest BCUT2D eigenvalue weighted by Gasteiger charge is -2.31. The molecule has 0 aromatic carbocycles. The molecule has 1 aliphatic heterocycles. The third kappa shape index (κ3) is 1.33. The third-order valence-corrected chi connectivity index (χ3v) is 1.83. The van der Waals surface area contributed by atoms with Crippen LogP contribution in [-0.4, -0.2) is 39.1 Å². The Morgan fingerprint density at radius 3 is 2.79 bits per heavy atom. The summed E-state index contributed by atoms with van der Waals surface area (Å²) in [6, 6.07) is 0. The second-order valence-corrected chi connectivity index (χ2v) is 2.71. The van der Waals surface area contributed by atoms with Crippen LogP contribution in [0, 0.1) is 0 Å². The van der Waals surface area contributed by atoms with Crippen molar-refractivity contribution in [1.29, 1.82) is 0 Å². The van der Waals surface area contributed by atoms with Crippen LogP contribution in [0.3, 0.4) is 0 Å². The summed E-state index contributed by atoms with van der Waals surface area (Å²) >= 11 is 0. The van der Waals surface area contributed by atoms with Crippen LogP contribution < -0.4 is 10.6 Å². The first-order valence-electron chi connectivity index (χ1n) is 3.94. The molecule has 1 aliphatic rings. The Balaban J connectivity index is 2.48. The molecule has 0 aliphatic carbocycles. The van der Waals surface area contributed by atoms with E-state index in [-0.39, 0.29) is 0 Å². The summed E-state index contributed by atoms with van der Waals surface area (Å²) in [5.74, 6) is 0.310. The molecule has 1 aromatic rings. The van der Waals surface area contributed by atoms with Crippen molar-refractivity contribution in [3.8, 4) is 0 Å². The van der Waals surface area contributed by atoms with Crippen molar-refractivity contribution in [3.63, 3.8) is 0 Å². The van der Waals surface area contributed by atoms with E-state index >= 15 is 0 Å². The second kappa shape index (κ2) is 3.29. The molecule has 2 heterocycles. The Hall–Kier alpha value is -1.57. The van der Waals surface area contributed by atoms with Crippen molar-refractivity contribution < 1.29 is 10.2 Å². The number of aliphatic hydroxyl groups excluding tert-OH is 1. The third-order valence-electron chi connectivity index (χ3n) is 1.83. The van der Waals surface area contributed by atoms with E-state index in [2.05, 4.69) is 15.0 Å². The molecule has 7 nitrogen and oxygen atoms in total. The summed E-state index contributed by atoms with van der Waals surface area (Å²) in [5.41, 5.74) is 6.00. The predicted octanol–water partition coefficient (Wildman–Crippen LogP) is -1.77. The molecule has 0 saturated carbocycles. The van der Waals surface area contributed by atoms with Gasteiger partial charge in [0.1, 0.15) is 5.69 Å². The lowest BCUT2D eigenvalue weighted by Crippen LogP contribution is -2.50. The number of aromatic nitrogens is 2. The van der Waals surface area contributed by atoms with Crippen molar-refractivity contribution >= 4 is 12.0 Å². The lowest BCUT2D eigenvalue weighted by molar-refractivity contribution is -0.0468. The van der Waals surface area contributed by atoms with Gasteiger partial charge in [-0.15, -0.1) is 0 Å². The lowest BCUT2D eigenvalue weighted by atomic mass is 10.3. The van der Waals surface area contributed by atoms with Gasteiger partial charge in [0.15, 0.2) is 12.1 Å². The summed E-state index contributed by atoms with van der Waals surface area (Å²) in [5, 5.41) is 18.1. The zero-order valence-electron chi connectivity index (χ0n) is 7.15. The Labute approximate surface area is 79.5 Å². The van der Waals surface area contributed by atoms with E-state index in [0.717, 1.165) is 4.90 Å². The highest BCUT2D eigenvalue weighted by Crippen LogP contribution is 2.20. The summed E-state index contributed by atoms with van der Waals surface area (Å²) < 4.78 is 0. The van der Waals surface area contributed by atoms with Gasteiger partial charge in [0.25, 0.3) is 0 Å². The summed E-state index contributed by atoms with van der Waals surface area (Å²) in [7, 11) is 0. The maximum absolute atomic E-state index is 9.05. The Bertz CT molecular complexity index is 367. The Kier molecular flexibility index (Phi) is 2.12. The van der Waals surface area contributed by atoms with Crippen LogP contribution in [0.5, 0.6) is 0 Å². The maximum atomic E-state index is 9.05. The van der Waals surface area contributed by atoms with E-state index in [1.165, 1.54) is 18.6 Å². The quantitative estimate of drug-likeness (QED) is 0.457. The van der Waals surface area contributed by atoms with Crippen LogP contribution in [0.2, 0.25) is 0 Å². The van der Waals surface area contributed by atoms with Crippen LogP contribution in [-0.2, 0) is 0 Å². The summed E-state index contributed by atoms with van der Waals surface area (Å²) in [6.45, 7) is 0. The maximum Gasteiger partial charge on any atom is 0.239 e. The molecule has 2 rings (SSSR count). The van der Waals surface area contributed by atoms with Gasteiger partial charge in [-0.1, -0.05) is 0 Å². The number of aliphatic hydroxyl groups is 2. The zero-order valence-corrected chi connectivity index (χ0v) is 7.15. The van der Waals surface area contributed by atoms with E-state index in [0.29, 0.717) is 11.5 Å². The van der Waals surface area contributed by atoms with Gasteiger partial charge >= 0.3 is 0 Å². The van der Waals surface area contributed by atoms with Gasteiger partial charge in [0, 0.05) is 12.4 Å². The van der Waals surface area contributed by atoms with Crippen LogP contribution in [0.1, 0.15) is 5.69 Å². The number of nitrogens with two attached hydrogens (primary N) is 1. The zero-order chi connectivity index (χ0) is 10.1. The molecule has 0 fully saturated rings. The topological polar surface area (TPSA) is 108 Å². The van der Waals surface area contributed by atoms with Gasteiger partial charge in [0.05, 0.1) is 6.21 Å². The second-order valence-electron chi connectivity index (χ2n) is 2.71. The Morgan fingerprint density at radius 1 is 1.36 bits per heavy atom. The number of hydrogen-bond acceptors (Lipinski definition) is 7. The molecule has 0 amide bonds. The highest BCUT2D eigenvalue weighted by molar-refractivity contribution is 5.85. The van der Waals surface area contributed by atoms with Crippen LogP contribution >= 0.6 is 0 Å². The molecule has 0 spiro atoms. The standard InChI is InChI=1S/C7H9N5O2/c8-6-11-3-4-5(10-2-1-9-4)12(6)7(13)14/h1-3,6-7,13-14H,8H2. The molecule has 0 radical (unpaired) electrons. The molecule has 1 atom stereocenters. The van der Waals surface area contributed by atoms with Crippen molar-refractivity contribution in [2.75, 3.05) is 4.90 Å². The molecule has 14 heavy (non-hydrogen) atoms. The van der Waals surface area contributed by atoms with Gasteiger partial charge in [-0.3, -0.25) is 15.6 Å². The largest absolute Gasteiger partial charge is 0.351 e. The molecule has 1 unspecified atom stereocenters. The minimum atomic E-state index is -1.74. The molecule has 0 bridgehead atoms. The molecule has 4 N–H and O–H groups in total. The van der Waals surface area contributed by atoms with E-state index in [9.17, 15) is 0 Å². The Morgan fingerprint density at radius 2 is 2.07 bits per heavy atom. The molecule has 74 valence electrons. The van der Waals surface area contributed by atoms with Gasteiger partial charge < -0.3 is 10.2 Å². The van der Waals surface area contributed by atoms with E-state index in [1.54, 1.807) is 0 Å². The monoisotopic (exact) mass is 195 g/mol. The highest BCUT2D eigenvalue weighted by atomic mass is 16.5. The smallest absolute Gasteiger partial charge is 0.239 e. The predicted molar refractivity (Wildman–Crippen MR) is 48.3 cm³/mol. The number of nitrogens with zero attached hydrogens (tertiary/aromatic N) is 4. The van der Waals surface area contributed by atoms with Gasteiger partial charge in [-0.05, 0) is 0 Å². The fraction of sp³-hybridized carbons (Fsp3) is 0.286. The normalized spacial score (nSPS) is 20.0. The van der Waals surface area contributed by atoms with E-state index in [4.69, 9.17) is 15.9 Å². The number of anilines is 1. The number of hydrogen-bond donors (Lipinski definition) is 3. The molecular formula is C7H9N5O2. The number of rotatable bonds is 1. The molecule has 1 aromatic heterocycles. The van der Waals surface area contributed by atoms with Crippen LogP contribution in [0.4, 0.5) is 5.82 Å². The fourth-order valence-corrected chi connectivity index (χ4v) is 1.22. The van der Waals surface area contributed by atoms with Crippen molar-refractivity contribution in [2.45, 2.75) is 12.7 Å². The average molecular weight is 195 g/mol. The average Bonchev–Trinajstić information content (AvgIpc) is 2.17. The first kappa shape index (κ1) is 9.00.